The summed E-state index contributed by atoms with van der Waals surface area (Å²) in [7, 11) is -3.52. The van der Waals surface area contributed by atoms with Crippen LogP contribution in [0.2, 0.25) is 0 Å². The molecule has 1 rings (SSSR count). The van der Waals surface area contributed by atoms with Crippen molar-refractivity contribution in [1.29, 1.82) is 0 Å². The van der Waals surface area contributed by atoms with Gasteiger partial charge in [-0.15, -0.1) is 0 Å². The first-order chi connectivity index (χ1) is 7.02. The van der Waals surface area contributed by atoms with Crippen molar-refractivity contribution in [2.45, 2.75) is 11.3 Å². The molecule has 1 N–H and O–H groups in total. The van der Waals surface area contributed by atoms with Gasteiger partial charge in [0.15, 0.2) is 0 Å². The fourth-order valence-electron chi connectivity index (χ4n) is 0.967. The van der Waals surface area contributed by atoms with Crippen LogP contribution in [0.15, 0.2) is 35.2 Å². The molecule has 0 radical (unpaired) electrons. The Hall–Kier alpha value is -0.910. The lowest BCUT2D eigenvalue weighted by Gasteiger charge is -2.04. The lowest BCUT2D eigenvalue weighted by molar-refractivity contribution is -0.111. The van der Waals surface area contributed by atoms with Crippen LogP contribution >= 0.6 is 11.6 Å². The molecule has 0 aliphatic carbocycles. The highest BCUT2D eigenvalue weighted by atomic mass is 35.5. The fourth-order valence-corrected chi connectivity index (χ4v) is 2.11. The SMILES string of the molecule is O=C(Cl)CCNS(=O)(=O)c1ccccc1. The molecule has 0 aromatic heterocycles. The lowest BCUT2D eigenvalue weighted by Crippen LogP contribution is -2.25. The molecule has 0 amide bonds. The predicted molar refractivity (Wildman–Crippen MR) is 57.1 cm³/mol. The van der Waals surface area contributed by atoms with Crippen LogP contribution in [-0.2, 0) is 14.8 Å². The van der Waals surface area contributed by atoms with E-state index < -0.39 is 15.3 Å². The summed E-state index contributed by atoms with van der Waals surface area (Å²) in [6, 6.07) is 7.93. The largest absolute Gasteiger partial charge is 0.281 e. The summed E-state index contributed by atoms with van der Waals surface area (Å²) in [4.78, 5) is 10.6. The van der Waals surface area contributed by atoms with Gasteiger partial charge < -0.3 is 0 Å². The van der Waals surface area contributed by atoms with E-state index in [1.54, 1.807) is 18.2 Å². The van der Waals surface area contributed by atoms with Crippen LogP contribution in [-0.4, -0.2) is 20.2 Å². The van der Waals surface area contributed by atoms with Crippen LogP contribution in [0.3, 0.4) is 0 Å². The molecule has 82 valence electrons. The Kier molecular flexibility index (Phi) is 4.26. The highest BCUT2D eigenvalue weighted by Gasteiger charge is 2.12. The maximum Gasteiger partial charge on any atom is 0.240 e. The third-order valence-electron chi connectivity index (χ3n) is 1.67. The fraction of sp³-hybridized carbons (Fsp3) is 0.222. The average molecular weight is 248 g/mol. The van der Waals surface area contributed by atoms with Gasteiger partial charge in [-0.25, -0.2) is 13.1 Å². The molecule has 0 heterocycles. The van der Waals surface area contributed by atoms with Gasteiger partial charge in [0.2, 0.25) is 15.3 Å². The van der Waals surface area contributed by atoms with Gasteiger partial charge in [-0.05, 0) is 23.7 Å². The van der Waals surface area contributed by atoms with Gasteiger partial charge in [0, 0.05) is 13.0 Å². The van der Waals surface area contributed by atoms with Crippen molar-refractivity contribution in [1.82, 2.24) is 4.72 Å². The minimum atomic E-state index is -3.52. The number of carbonyl (C=O) groups is 1. The van der Waals surface area contributed by atoms with E-state index >= 15 is 0 Å². The zero-order chi connectivity index (χ0) is 11.3. The number of halogens is 1. The Morgan fingerprint density at radius 1 is 1.27 bits per heavy atom. The highest BCUT2D eigenvalue weighted by molar-refractivity contribution is 7.89. The number of carbonyl (C=O) groups excluding carboxylic acids is 1. The molecular formula is C9H10ClNO3S. The van der Waals surface area contributed by atoms with E-state index in [9.17, 15) is 13.2 Å². The highest BCUT2D eigenvalue weighted by Crippen LogP contribution is 2.06. The normalized spacial score (nSPS) is 11.3. The zero-order valence-electron chi connectivity index (χ0n) is 7.81. The Morgan fingerprint density at radius 3 is 2.40 bits per heavy atom. The summed E-state index contributed by atoms with van der Waals surface area (Å²) < 4.78 is 25.4. The van der Waals surface area contributed by atoms with Crippen LogP contribution < -0.4 is 4.72 Å². The maximum absolute atomic E-state index is 11.5. The van der Waals surface area contributed by atoms with Crippen molar-refractivity contribution in [2.75, 3.05) is 6.54 Å². The Labute approximate surface area is 93.3 Å². The summed E-state index contributed by atoms with van der Waals surface area (Å²) in [5, 5.41) is -0.564. The first-order valence-electron chi connectivity index (χ1n) is 4.25. The third-order valence-corrected chi connectivity index (χ3v) is 3.33. The van der Waals surface area contributed by atoms with Crippen molar-refractivity contribution in [2.24, 2.45) is 0 Å². The minimum Gasteiger partial charge on any atom is -0.281 e. The summed E-state index contributed by atoms with van der Waals surface area (Å²) in [5.74, 6) is 0. The summed E-state index contributed by atoms with van der Waals surface area (Å²) in [5.41, 5.74) is 0. The average Bonchev–Trinajstić information content (AvgIpc) is 2.18. The molecule has 0 saturated heterocycles. The number of nitrogens with one attached hydrogen (secondary N) is 1. The second kappa shape index (κ2) is 5.25. The van der Waals surface area contributed by atoms with E-state index in [2.05, 4.69) is 4.72 Å². The van der Waals surface area contributed by atoms with Gasteiger partial charge in [-0.3, -0.25) is 4.79 Å². The first kappa shape index (κ1) is 12.2. The molecule has 0 bridgehead atoms. The molecule has 0 fully saturated rings. The van der Waals surface area contributed by atoms with Gasteiger partial charge >= 0.3 is 0 Å². The Balaban J connectivity index is 2.65. The molecule has 1 aromatic rings. The van der Waals surface area contributed by atoms with Crippen LogP contribution in [0.4, 0.5) is 0 Å². The molecular weight excluding hydrogens is 238 g/mol. The molecule has 0 atom stereocenters. The zero-order valence-corrected chi connectivity index (χ0v) is 9.38. The van der Waals surface area contributed by atoms with Crippen LogP contribution in [0.25, 0.3) is 0 Å². The number of sulfonamides is 1. The smallest absolute Gasteiger partial charge is 0.240 e. The topological polar surface area (TPSA) is 63.2 Å². The van der Waals surface area contributed by atoms with Crippen molar-refractivity contribution in [3.05, 3.63) is 30.3 Å². The van der Waals surface area contributed by atoms with E-state index in [1.807, 2.05) is 0 Å². The second-order valence-electron chi connectivity index (χ2n) is 2.82. The molecule has 0 aliphatic heterocycles. The van der Waals surface area contributed by atoms with E-state index in [4.69, 9.17) is 11.6 Å². The summed E-state index contributed by atoms with van der Waals surface area (Å²) in [6.45, 7) is 0.0135. The van der Waals surface area contributed by atoms with Gasteiger partial charge in [0.25, 0.3) is 0 Å². The molecule has 6 heteroatoms. The molecule has 15 heavy (non-hydrogen) atoms. The van der Waals surface area contributed by atoms with E-state index in [1.165, 1.54) is 12.1 Å². The predicted octanol–water partition coefficient (Wildman–Crippen LogP) is 1.12. The van der Waals surface area contributed by atoms with Crippen molar-refractivity contribution >= 4 is 26.9 Å². The molecule has 0 aliphatic rings. The second-order valence-corrected chi connectivity index (χ2v) is 5.00. The van der Waals surface area contributed by atoms with E-state index in [0.29, 0.717) is 0 Å². The number of hydrogen-bond acceptors (Lipinski definition) is 3. The quantitative estimate of drug-likeness (QED) is 0.793. The van der Waals surface area contributed by atoms with E-state index in [-0.39, 0.29) is 17.9 Å². The van der Waals surface area contributed by atoms with E-state index in [0.717, 1.165) is 0 Å². The third kappa shape index (κ3) is 3.99. The van der Waals surface area contributed by atoms with Gasteiger partial charge in [0.1, 0.15) is 0 Å². The molecule has 1 aromatic carbocycles. The standard InChI is InChI=1S/C9H10ClNO3S/c10-9(12)6-7-11-15(13,14)8-4-2-1-3-5-8/h1-5,11H,6-7H2. The van der Waals surface area contributed by atoms with Crippen LogP contribution in [0.1, 0.15) is 6.42 Å². The summed E-state index contributed by atoms with van der Waals surface area (Å²) >= 11 is 5.08. The van der Waals surface area contributed by atoms with Gasteiger partial charge in [-0.1, -0.05) is 18.2 Å². The van der Waals surface area contributed by atoms with Crippen molar-refractivity contribution in [3.63, 3.8) is 0 Å². The molecule has 0 unspecified atom stereocenters. The maximum atomic E-state index is 11.5. The molecule has 0 spiro atoms. The van der Waals surface area contributed by atoms with Crippen molar-refractivity contribution < 1.29 is 13.2 Å². The number of hydrogen-bond donors (Lipinski definition) is 1. The Morgan fingerprint density at radius 2 is 1.87 bits per heavy atom. The van der Waals surface area contributed by atoms with Gasteiger partial charge in [0.05, 0.1) is 4.90 Å². The van der Waals surface area contributed by atoms with Crippen LogP contribution in [0, 0.1) is 0 Å². The number of benzene rings is 1. The van der Waals surface area contributed by atoms with Crippen LogP contribution in [0.5, 0.6) is 0 Å². The lowest BCUT2D eigenvalue weighted by atomic mass is 10.4. The van der Waals surface area contributed by atoms with Gasteiger partial charge in [-0.2, -0.15) is 0 Å². The van der Waals surface area contributed by atoms with Crippen molar-refractivity contribution in [3.8, 4) is 0 Å². The Bertz CT molecular complexity index is 430. The monoisotopic (exact) mass is 247 g/mol. The number of rotatable bonds is 5. The molecule has 0 saturated carbocycles. The summed E-state index contributed by atoms with van der Waals surface area (Å²) in [6.07, 6.45) is -0.0202. The minimum absolute atomic E-state index is 0.0135. The first-order valence-corrected chi connectivity index (χ1v) is 6.11. The molecule has 4 nitrogen and oxygen atoms in total.